The van der Waals surface area contributed by atoms with Crippen LogP contribution in [0.1, 0.15) is 34.6 Å². The number of aromatic hydroxyl groups is 1. The van der Waals surface area contributed by atoms with E-state index in [4.69, 9.17) is 4.42 Å². The van der Waals surface area contributed by atoms with Gasteiger partial charge in [0.25, 0.3) is 5.91 Å². The lowest BCUT2D eigenvalue weighted by Crippen LogP contribution is -2.36. The van der Waals surface area contributed by atoms with Crippen LogP contribution < -0.4 is 10.6 Å². The number of nitrogens with one attached hydrogen (secondary N) is 2. The van der Waals surface area contributed by atoms with Crippen LogP contribution in [0.5, 0.6) is 5.75 Å². The number of halogens is 3. The van der Waals surface area contributed by atoms with Gasteiger partial charge in [-0.1, -0.05) is 6.07 Å². The third-order valence-electron chi connectivity index (χ3n) is 4.47. The molecule has 0 aliphatic carbocycles. The van der Waals surface area contributed by atoms with Crippen LogP contribution in [0.25, 0.3) is 0 Å². The van der Waals surface area contributed by atoms with Crippen molar-refractivity contribution in [3.05, 3.63) is 60.2 Å². The van der Waals surface area contributed by atoms with Crippen LogP contribution in [-0.4, -0.2) is 27.0 Å². The Kier molecular flexibility index (Phi) is 4.25. The minimum absolute atomic E-state index is 0.0474. The van der Waals surface area contributed by atoms with Gasteiger partial charge in [-0.15, -0.1) is 0 Å². The first-order valence-corrected chi connectivity index (χ1v) is 8.37. The van der Waals surface area contributed by atoms with E-state index >= 15 is 0 Å². The van der Waals surface area contributed by atoms with E-state index in [1.165, 1.54) is 24.5 Å². The van der Waals surface area contributed by atoms with E-state index in [9.17, 15) is 23.1 Å². The van der Waals surface area contributed by atoms with Crippen molar-refractivity contribution in [3.8, 4) is 5.75 Å². The largest absolute Gasteiger partial charge is 0.508 e. The molecule has 0 bridgehead atoms. The maximum atomic E-state index is 13.6. The minimum atomic E-state index is -4.55. The van der Waals surface area contributed by atoms with Crippen molar-refractivity contribution in [2.45, 2.75) is 24.7 Å². The number of hydrogen-bond donors (Lipinski definition) is 3. The summed E-state index contributed by atoms with van der Waals surface area (Å²) in [6.07, 6.45) is -2.41. The third kappa shape index (κ3) is 3.28. The van der Waals surface area contributed by atoms with E-state index < -0.39 is 24.2 Å². The van der Waals surface area contributed by atoms with Crippen LogP contribution in [0.4, 0.5) is 24.7 Å². The van der Waals surface area contributed by atoms with Gasteiger partial charge >= 0.3 is 6.18 Å². The molecule has 7 nitrogen and oxygen atoms in total. The normalized spacial score (nSPS) is 19.0. The number of alkyl halides is 3. The molecule has 4 rings (SSSR count). The molecule has 2 atom stereocenters. The van der Waals surface area contributed by atoms with Crippen LogP contribution in [0.2, 0.25) is 0 Å². The first-order valence-electron chi connectivity index (χ1n) is 8.37. The highest BCUT2D eigenvalue weighted by molar-refractivity contribution is 6.07. The molecule has 1 aliphatic heterocycles. The molecule has 3 N–H and O–H groups in total. The molecule has 1 aliphatic rings. The predicted molar refractivity (Wildman–Crippen MR) is 93.1 cm³/mol. The lowest BCUT2D eigenvalue weighted by atomic mass is 10.0. The quantitative estimate of drug-likeness (QED) is 0.624. The van der Waals surface area contributed by atoms with E-state index in [0.717, 1.165) is 10.9 Å². The number of carbonyl (C=O) groups is 1. The van der Waals surface area contributed by atoms with Crippen LogP contribution in [0.3, 0.4) is 0 Å². The molecule has 0 spiro atoms. The number of carbonyl (C=O) groups excluding carboxylic acids is 1. The molecule has 146 valence electrons. The summed E-state index contributed by atoms with van der Waals surface area (Å²) in [6.45, 7) is 0. The second-order valence-corrected chi connectivity index (χ2v) is 6.36. The summed E-state index contributed by atoms with van der Waals surface area (Å²) in [6, 6.07) is 6.32. The van der Waals surface area contributed by atoms with E-state index in [1.54, 1.807) is 18.2 Å². The molecule has 1 aromatic carbocycles. The van der Waals surface area contributed by atoms with Crippen molar-refractivity contribution in [2.24, 2.45) is 0 Å². The Labute approximate surface area is 156 Å². The number of anilines is 2. The Morgan fingerprint density at radius 2 is 2.14 bits per heavy atom. The summed E-state index contributed by atoms with van der Waals surface area (Å²) in [4.78, 5) is 12.6. The average molecular weight is 392 g/mol. The number of amides is 1. The molecule has 1 amide bonds. The molecule has 0 saturated heterocycles. The summed E-state index contributed by atoms with van der Waals surface area (Å²) in [5.74, 6) is -0.419. The highest BCUT2D eigenvalue weighted by Gasteiger charge is 2.47. The van der Waals surface area contributed by atoms with Gasteiger partial charge in [-0.25, -0.2) is 4.68 Å². The van der Waals surface area contributed by atoms with Gasteiger partial charge in [-0.05, 0) is 24.3 Å². The molecule has 0 radical (unpaired) electrons. The van der Waals surface area contributed by atoms with Gasteiger partial charge in [0.2, 0.25) is 0 Å². The zero-order valence-electron chi connectivity index (χ0n) is 14.3. The van der Waals surface area contributed by atoms with Crippen molar-refractivity contribution < 1.29 is 27.5 Å². The number of fused-ring (bicyclic) bond motifs is 1. The van der Waals surface area contributed by atoms with Gasteiger partial charge in [0.15, 0.2) is 6.04 Å². The number of phenolic OH excluding ortho intramolecular Hbond substituents is 1. The maximum Gasteiger partial charge on any atom is 0.410 e. The van der Waals surface area contributed by atoms with Crippen LogP contribution in [0, 0.1) is 0 Å². The number of nitrogens with zero attached hydrogens (tertiary/aromatic N) is 2. The summed E-state index contributed by atoms with van der Waals surface area (Å²) in [5, 5.41) is 18.8. The zero-order valence-corrected chi connectivity index (χ0v) is 14.3. The summed E-state index contributed by atoms with van der Waals surface area (Å²) >= 11 is 0. The molecule has 0 saturated carbocycles. The van der Waals surface area contributed by atoms with Crippen molar-refractivity contribution in [3.63, 3.8) is 0 Å². The second-order valence-electron chi connectivity index (χ2n) is 6.36. The third-order valence-corrected chi connectivity index (χ3v) is 4.47. The molecule has 3 heterocycles. The molecule has 10 heteroatoms. The first-order chi connectivity index (χ1) is 13.3. The van der Waals surface area contributed by atoms with Crippen LogP contribution >= 0.6 is 0 Å². The molecule has 28 heavy (non-hydrogen) atoms. The Hall–Kier alpha value is -3.43. The van der Waals surface area contributed by atoms with E-state index in [1.807, 2.05) is 0 Å². The van der Waals surface area contributed by atoms with Gasteiger partial charge in [0.1, 0.15) is 22.9 Å². The summed E-state index contributed by atoms with van der Waals surface area (Å²) < 4.78 is 46.8. The SMILES string of the molecule is O=C(Nc1cccc(O)c1)c1cnn2c1N[C@@H](c1ccco1)C[C@@H]2C(F)(F)F. The smallest absolute Gasteiger partial charge is 0.410 e. The predicted octanol–water partition coefficient (Wildman–Crippen LogP) is 4.09. The molecular formula is C18H15F3N4O3. The molecule has 2 aromatic heterocycles. The Morgan fingerprint density at radius 3 is 2.82 bits per heavy atom. The molecule has 0 fully saturated rings. The highest BCUT2D eigenvalue weighted by atomic mass is 19.4. The number of aromatic nitrogens is 2. The van der Waals surface area contributed by atoms with Crippen LogP contribution in [0.15, 0.2) is 53.3 Å². The molecule has 3 aromatic rings. The van der Waals surface area contributed by atoms with E-state index in [-0.39, 0.29) is 23.6 Å². The fourth-order valence-corrected chi connectivity index (χ4v) is 3.19. The lowest BCUT2D eigenvalue weighted by Gasteiger charge is -2.32. The Morgan fingerprint density at radius 1 is 1.32 bits per heavy atom. The van der Waals surface area contributed by atoms with Gasteiger partial charge in [-0.2, -0.15) is 18.3 Å². The minimum Gasteiger partial charge on any atom is -0.508 e. The monoisotopic (exact) mass is 392 g/mol. The highest BCUT2D eigenvalue weighted by Crippen LogP contribution is 2.44. The lowest BCUT2D eigenvalue weighted by molar-refractivity contribution is -0.174. The number of benzene rings is 1. The first kappa shape index (κ1) is 18.0. The van der Waals surface area contributed by atoms with Gasteiger partial charge < -0.3 is 20.2 Å². The zero-order chi connectivity index (χ0) is 19.9. The van der Waals surface area contributed by atoms with Gasteiger partial charge in [-0.3, -0.25) is 4.79 Å². The fourth-order valence-electron chi connectivity index (χ4n) is 3.19. The standard InChI is InChI=1S/C18H15F3N4O3/c19-18(20,21)15-8-13(14-5-2-6-28-14)24-16-12(9-22-25(15)16)17(27)23-10-3-1-4-11(26)7-10/h1-7,9,13,15,24,26H,8H2,(H,23,27)/t13-,15-/m1/s1. The van der Waals surface area contributed by atoms with Crippen molar-refractivity contribution in [1.29, 1.82) is 0 Å². The molecular weight excluding hydrogens is 377 g/mol. The average Bonchev–Trinajstić information content (AvgIpc) is 3.29. The topological polar surface area (TPSA) is 92.3 Å². The second kappa shape index (κ2) is 6.63. The number of rotatable bonds is 3. The van der Waals surface area contributed by atoms with Gasteiger partial charge in [0, 0.05) is 18.2 Å². The van der Waals surface area contributed by atoms with Crippen molar-refractivity contribution in [2.75, 3.05) is 10.6 Å². The Bertz CT molecular complexity index is 998. The fraction of sp³-hybridized carbons (Fsp3) is 0.222. The number of furan rings is 1. The number of hydrogen-bond acceptors (Lipinski definition) is 5. The maximum absolute atomic E-state index is 13.6. The van der Waals surface area contributed by atoms with E-state index in [0.29, 0.717) is 11.4 Å². The van der Waals surface area contributed by atoms with Crippen LogP contribution in [-0.2, 0) is 0 Å². The summed E-state index contributed by atoms with van der Waals surface area (Å²) in [5.41, 5.74) is 0.254. The van der Waals surface area contributed by atoms with Crippen molar-refractivity contribution >= 4 is 17.4 Å². The summed E-state index contributed by atoms with van der Waals surface area (Å²) in [7, 11) is 0. The van der Waals surface area contributed by atoms with Gasteiger partial charge in [0.05, 0.1) is 18.5 Å². The van der Waals surface area contributed by atoms with Crippen molar-refractivity contribution in [1.82, 2.24) is 9.78 Å². The van der Waals surface area contributed by atoms with E-state index in [2.05, 4.69) is 15.7 Å². The number of phenols is 1. The molecule has 0 unspecified atom stereocenters. The Balaban J connectivity index is 1.68.